The van der Waals surface area contributed by atoms with Crippen LogP contribution in [-0.4, -0.2) is 59.7 Å². The highest BCUT2D eigenvalue weighted by Gasteiger charge is 2.23. The van der Waals surface area contributed by atoms with Crippen molar-refractivity contribution in [3.8, 4) is 11.5 Å². The highest BCUT2D eigenvalue weighted by atomic mass is 32.2. The predicted octanol–water partition coefficient (Wildman–Crippen LogP) is 2.32. The van der Waals surface area contributed by atoms with Gasteiger partial charge in [0.25, 0.3) is 10.0 Å². The molecule has 1 aromatic heterocycles. The average Bonchev–Trinajstić information content (AvgIpc) is 2.80. The van der Waals surface area contributed by atoms with Crippen molar-refractivity contribution in [2.24, 2.45) is 0 Å². The molecule has 0 saturated heterocycles. The smallest absolute Gasteiger partial charge is 0.264 e. The van der Waals surface area contributed by atoms with Gasteiger partial charge in [-0.15, -0.1) is 0 Å². The first-order valence-electron chi connectivity index (χ1n) is 10.8. The largest absolute Gasteiger partial charge is 0.493 e. The quantitative estimate of drug-likeness (QED) is 0.387. The molecule has 0 aliphatic heterocycles. The third kappa shape index (κ3) is 7.07. The maximum atomic E-state index is 12.7. The van der Waals surface area contributed by atoms with Crippen LogP contribution in [0.25, 0.3) is 0 Å². The Hall–Kier alpha value is -3.91. The molecule has 0 saturated carbocycles. The molecular weight excluding hydrogens is 522 g/mol. The number of benzene rings is 2. The molecule has 12 nitrogen and oxygen atoms in total. The van der Waals surface area contributed by atoms with E-state index in [2.05, 4.69) is 20.0 Å². The van der Waals surface area contributed by atoms with E-state index in [1.807, 2.05) is 0 Å². The summed E-state index contributed by atoms with van der Waals surface area (Å²) in [6.45, 7) is 2.92. The summed E-state index contributed by atoms with van der Waals surface area (Å²) in [4.78, 5) is 20.7. The van der Waals surface area contributed by atoms with Crippen molar-refractivity contribution in [3.63, 3.8) is 0 Å². The van der Waals surface area contributed by atoms with E-state index in [0.717, 1.165) is 10.6 Å². The molecule has 2 aromatic carbocycles. The van der Waals surface area contributed by atoms with Crippen molar-refractivity contribution in [1.29, 1.82) is 0 Å². The van der Waals surface area contributed by atoms with Crippen LogP contribution >= 0.6 is 0 Å². The Kier molecular flexibility index (Phi) is 8.23. The van der Waals surface area contributed by atoms with E-state index in [0.29, 0.717) is 22.9 Å². The number of nitrogens with one attached hydrogen (secondary N) is 2. The molecule has 37 heavy (non-hydrogen) atoms. The molecule has 1 amide bonds. The molecule has 3 rings (SSSR count). The zero-order valence-corrected chi connectivity index (χ0v) is 22.5. The molecule has 198 valence electrons. The highest BCUT2D eigenvalue weighted by Crippen LogP contribution is 2.32. The molecule has 1 heterocycles. The van der Waals surface area contributed by atoms with Gasteiger partial charge in [-0.1, -0.05) is 0 Å². The fourth-order valence-corrected chi connectivity index (χ4v) is 5.17. The molecule has 0 fully saturated rings. The van der Waals surface area contributed by atoms with Crippen LogP contribution in [0.5, 0.6) is 11.5 Å². The van der Waals surface area contributed by atoms with E-state index in [4.69, 9.17) is 9.47 Å². The Morgan fingerprint density at radius 1 is 0.892 bits per heavy atom. The van der Waals surface area contributed by atoms with Crippen molar-refractivity contribution < 1.29 is 31.1 Å². The Balaban J connectivity index is 1.74. The summed E-state index contributed by atoms with van der Waals surface area (Å²) < 4.78 is 63.8. The molecule has 0 radical (unpaired) electrons. The predicted molar refractivity (Wildman–Crippen MR) is 139 cm³/mol. The van der Waals surface area contributed by atoms with E-state index in [-0.39, 0.29) is 22.2 Å². The number of hydrogen-bond donors (Lipinski definition) is 2. The molecule has 3 aromatic rings. The first-order chi connectivity index (χ1) is 17.3. The maximum absolute atomic E-state index is 12.7. The summed E-state index contributed by atoms with van der Waals surface area (Å²) in [5, 5.41) is 2.57. The Bertz CT molecular complexity index is 1490. The van der Waals surface area contributed by atoms with Crippen LogP contribution in [-0.2, 0) is 24.8 Å². The van der Waals surface area contributed by atoms with Gasteiger partial charge in [0.1, 0.15) is 6.54 Å². The monoisotopic (exact) mass is 549 g/mol. The van der Waals surface area contributed by atoms with Gasteiger partial charge in [0.15, 0.2) is 11.5 Å². The fraction of sp³-hybridized carbons (Fsp3) is 0.261. The van der Waals surface area contributed by atoms with Crippen molar-refractivity contribution in [2.45, 2.75) is 18.7 Å². The van der Waals surface area contributed by atoms with Crippen LogP contribution in [0.2, 0.25) is 0 Å². The van der Waals surface area contributed by atoms with Crippen molar-refractivity contribution in [2.75, 3.05) is 41.4 Å². The second kappa shape index (κ2) is 11.0. The van der Waals surface area contributed by atoms with E-state index >= 15 is 0 Å². The minimum atomic E-state index is -3.98. The third-order valence-electron chi connectivity index (χ3n) is 5.00. The molecule has 0 aliphatic carbocycles. The van der Waals surface area contributed by atoms with Crippen LogP contribution in [0.4, 0.5) is 17.3 Å². The Morgan fingerprint density at radius 2 is 1.49 bits per heavy atom. The van der Waals surface area contributed by atoms with Gasteiger partial charge in [-0.25, -0.2) is 31.5 Å². The fourth-order valence-electron chi connectivity index (χ4n) is 3.38. The Morgan fingerprint density at radius 3 is 2.03 bits per heavy atom. The minimum Gasteiger partial charge on any atom is -0.493 e. The van der Waals surface area contributed by atoms with Gasteiger partial charge in [-0.3, -0.25) is 9.10 Å². The van der Waals surface area contributed by atoms with Gasteiger partial charge in [-0.05, 0) is 56.3 Å². The topological polar surface area (TPSA) is 157 Å². The summed E-state index contributed by atoms with van der Waals surface area (Å²) in [5.41, 5.74) is 1.70. The van der Waals surface area contributed by atoms with Crippen molar-refractivity contribution in [3.05, 3.63) is 59.9 Å². The molecule has 14 heteroatoms. The third-order valence-corrected chi connectivity index (χ3v) is 7.48. The number of ether oxygens (including phenoxy) is 2. The van der Waals surface area contributed by atoms with Crippen LogP contribution < -0.4 is 23.8 Å². The second-order valence-electron chi connectivity index (χ2n) is 7.96. The molecule has 0 bridgehead atoms. The second-order valence-corrected chi connectivity index (χ2v) is 11.6. The number of carbonyl (C=O) groups excluding carboxylic acids is 1. The van der Waals surface area contributed by atoms with E-state index < -0.39 is 32.5 Å². The van der Waals surface area contributed by atoms with Gasteiger partial charge >= 0.3 is 0 Å². The van der Waals surface area contributed by atoms with Crippen molar-refractivity contribution in [1.82, 2.24) is 9.97 Å². The van der Waals surface area contributed by atoms with Gasteiger partial charge in [0.2, 0.25) is 21.9 Å². The minimum absolute atomic E-state index is 0.0501. The number of sulfonamides is 2. The lowest BCUT2D eigenvalue weighted by molar-refractivity contribution is -0.114. The number of hydrogen-bond acceptors (Lipinski definition) is 9. The van der Waals surface area contributed by atoms with Gasteiger partial charge in [-0.2, -0.15) is 0 Å². The van der Waals surface area contributed by atoms with Crippen LogP contribution in [0.3, 0.4) is 0 Å². The number of nitrogens with zero attached hydrogens (tertiary/aromatic N) is 3. The number of carbonyl (C=O) groups is 1. The maximum Gasteiger partial charge on any atom is 0.264 e. The summed E-state index contributed by atoms with van der Waals surface area (Å²) in [6.07, 6.45) is 0.975. The molecule has 0 atom stereocenters. The lowest BCUT2D eigenvalue weighted by Crippen LogP contribution is -2.37. The first kappa shape index (κ1) is 27.7. The number of anilines is 3. The molecule has 0 spiro atoms. The first-order valence-corrected chi connectivity index (χ1v) is 14.1. The zero-order valence-electron chi connectivity index (χ0n) is 20.8. The number of aryl methyl sites for hydroxylation is 2. The average molecular weight is 550 g/mol. The molecule has 0 unspecified atom stereocenters. The van der Waals surface area contributed by atoms with Crippen molar-refractivity contribution >= 4 is 43.3 Å². The highest BCUT2D eigenvalue weighted by molar-refractivity contribution is 7.92. The Labute approximate surface area is 215 Å². The summed E-state index contributed by atoms with van der Waals surface area (Å²) in [5.74, 6) is 0.00644. The normalized spacial score (nSPS) is 11.5. The van der Waals surface area contributed by atoms with Crippen LogP contribution in [0.15, 0.2) is 53.4 Å². The zero-order chi connectivity index (χ0) is 27.4. The number of methoxy groups -OCH3 is 2. The van der Waals surface area contributed by atoms with E-state index in [1.54, 1.807) is 19.9 Å². The standard InChI is InChI=1S/C23H27N5O7S2/c1-15-12-16(2)25-23(24-15)27-37(32,33)19-9-6-17(7-10-19)26-22(29)14-28(36(5,30)31)18-8-11-20(34-3)21(13-18)35-4/h6-13H,14H2,1-5H3,(H,26,29)(H,24,25,27). The van der Waals surface area contributed by atoms with Gasteiger partial charge in [0, 0.05) is 23.1 Å². The molecule has 2 N–H and O–H groups in total. The lowest BCUT2D eigenvalue weighted by Gasteiger charge is -2.23. The summed E-state index contributed by atoms with van der Waals surface area (Å²) in [7, 11) is -4.95. The van der Waals surface area contributed by atoms with E-state index in [9.17, 15) is 21.6 Å². The van der Waals surface area contributed by atoms with Crippen LogP contribution in [0, 0.1) is 13.8 Å². The lowest BCUT2D eigenvalue weighted by atomic mass is 10.2. The number of aromatic nitrogens is 2. The molecular formula is C23H27N5O7S2. The summed E-state index contributed by atoms with van der Waals surface area (Å²) >= 11 is 0. The van der Waals surface area contributed by atoms with Crippen LogP contribution in [0.1, 0.15) is 11.4 Å². The summed E-state index contributed by atoms with van der Waals surface area (Å²) in [6, 6.07) is 11.5. The number of amides is 1. The number of rotatable bonds is 10. The van der Waals surface area contributed by atoms with E-state index in [1.165, 1.54) is 56.7 Å². The molecule has 0 aliphatic rings. The van der Waals surface area contributed by atoms with Gasteiger partial charge in [0.05, 0.1) is 31.1 Å². The van der Waals surface area contributed by atoms with Gasteiger partial charge < -0.3 is 14.8 Å². The SMILES string of the molecule is COc1ccc(N(CC(=O)Nc2ccc(S(=O)(=O)Nc3nc(C)cc(C)n3)cc2)S(C)(=O)=O)cc1OC.